The number of carbonyl (C=O) groups is 2. The Kier molecular flexibility index (Phi) is 3.92. The predicted octanol–water partition coefficient (Wildman–Crippen LogP) is 2.78. The van der Waals surface area contributed by atoms with Crippen LogP contribution >= 0.6 is 0 Å². The van der Waals surface area contributed by atoms with Crippen molar-refractivity contribution < 1.29 is 9.59 Å². The molecule has 0 aliphatic carbocycles. The number of imide groups is 1. The summed E-state index contributed by atoms with van der Waals surface area (Å²) in [5.41, 5.74) is 3.61. The van der Waals surface area contributed by atoms with Crippen molar-refractivity contribution in [1.82, 2.24) is 0 Å². The fourth-order valence-corrected chi connectivity index (χ4v) is 2.84. The van der Waals surface area contributed by atoms with Crippen LogP contribution in [0, 0.1) is 0 Å². The highest BCUT2D eigenvalue weighted by Crippen LogP contribution is 2.33. The summed E-state index contributed by atoms with van der Waals surface area (Å²) in [6.45, 7) is 2.27. The highest BCUT2D eigenvalue weighted by Gasteiger charge is 2.25. The number of amides is 2. The van der Waals surface area contributed by atoms with Gasteiger partial charge in [0.25, 0.3) is 0 Å². The van der Waals surface area contributed by atoms with Crippen LogP contribution in [0.4, 0.5) is 11.4 Å². The van der Waals surface area contributed by atoms with Crippen LogP contribution in [0.15, 0.2) is 48.5 Å². The van der Waals surface area contributed by atoms with E-state index in [1.165, 1.54) is 11.8 Å². The van der Waals surface area contributed by atoms with Gasteiger partial charge in [0.15, 0.2) is 0 Å². The molecule has 1 N–H and O–H groups in total. The summed E-state index contributed by atoms with van der Waals surface area (Å²) in [7, 11) is 0. The molecule has 22 heavy (non-hydrogen) atoms. The van der Waals surface area contributed by atoms with Crippen molar-refractivity contribution in [2.24, 2.45) is 0 Å². The second kappa shape index (κ2) is 6.02. The van der Waals surface area contributed by atoms with Gasteiger partial charge in [-0.05, 0) is 23.6 Å². The van der Waals surface area contributed by atoms with Gasteiger partial charge in [-0.3, -0.25) is 9.59 Å². The molecule has 0 aromatic heterocycles. The Bertz CT molecular complexity index is 710. The van der Waals surface area contributed by atoms with E-state index < -0.39 is 0 Å². The summed E-state index contributed by atoms with van der Waals surface area (Å²) in [4.78, 5) is 26.0. The van der Waals surface area contributed by atoms with E-state index in [1.807, 2.05) is 48.5 Å². The molecule has 2 aromatic rings. The molecular formula is C18H18N2O2. The molecule has 0 saturated carbocycles. The molecule has 3 rings (SSSR count). The van der Waals surface area contributed by atoms with Crippen LogP contribution in [-0.2, 0) is 22.4 Å². The first-order chi connectivity index (χ1) is 10.7. The summed E-state index contributed by atoms with van der Waals surface area (Å²) < 4.78 is 0. The zero-order valence-corrected chi connectivity index (χ0v) is 12.5. The Labute approximate surface area is 129 Å². The van der Waals surface area contributed by atoms with Crippen molar-refractivity contribution in [1.29, 1.82) is 0 Å². The molecule has 0 radical (unpaired) electrons. The average Bonchev–Trinajstić information content (AvgIpc) is 2.97. The number of nitrogens with zero attached hydrogens (tertiary/aromatic N) is 1. The van der Waals surface area contributed by atoms with E-state index in [0.717, 1.165) is 29.8 Å². The van der Waals surface area contributed by atoms with Gasteiger partial charge in [-0.25, -0.2) is 4.90 Å². The molecule has 0 fully saturated rings. The Morgan fingerprint density at radius 3 is 2.59 bits per heavy atom. The minimum Gasteiger partial charge on any atom is -0.383 e. The van der Waals surface area contributed by atoms with Gasteiger partial charge in [-0.15, -0.1) is 0 Å². The van der Waals surface area contributed by atoms with E-state index >= 15 is 0 Å². The SMILES string of the molecule is CC(=O)N(C(=O)Cc1ccccc1)c1cccc2c1NCC2. The van der Waals surface area contributed by atoms with Gasteiger partial charge in [0.2, 0.25) is 11.8 Å². The van der Waals surface area contributed by atoms with Gasteiger partial charge in [-0.2, -0.15) is 0 Å². The fourth-order valence-electron chi connectivity index (χ4n) is 2.84. The van der Waals surface area contributed by atoms with E-state index in [9.17, 15) is 9.59 Å². The molecule has 0 saturated heterocycles. The van der Waals surface area contributed by atoms with Crippen molar-refractivity contribution in [3.8, 4) is 0 Å². The highest BCUT2D eigenvalue weighted by atomic mass is 16.2. The standard InChI is InChI=1S/C18H18N2O2/c1-13(21)20(17(22)12-14-6-3-2-4-7-14)16-9-5-8-15-10-11-19-18(15)16/h2-9,19H,10-12H2,1H3. The molecule has 4 nitrogen and oxygen atoms in total. The number of hydrogen-bond donors (Lipinski definition) is 1. The van der Waals surface area contributed by atoms with Crippen LogP contribution in [0.3, 0.4) is 0 Å². The number of hydrogen-bond acceptors (Lipinski definition) is 3. The minimum atomic E-state index is -0.261. The van der Waals surface area contributed by atoms with E-state index in [1.54, 1.807) is 0 Å². The van der Waals surface area contributed by atoms with E-state index in [4.69, 9.17) is 0 Å². The van der Waals surface area contributed by atoms with E-state index in [2.05, 4.69) is 5.32 Å². The molecule has 4 heteroatoms. The van der Waals surface area contributed by atoms with E-state index in [0.29, 0.717) is 5.69 Å². The monoisotopic (exact) mass is 294 g/mol. The molecule has 0 spiro atoms. The first-order valence-corrected chi connectivity index (χ1v) is 7.40. The van der Waals surface area contributed by atoms with Gasteiger partial charge >= 0.3 is 0 Å². The van der Waals surface area contributed by atoms with Gasteiger partial charge in [0.1, 0.15) is 0 Å². The van der Waals surface area contributed by atoms with Crippen LogP contribution in [0.2, 0.25) is 0 Å². The lowest BCUT2D eigenvalue weighted by Crippen LogP contribution is -2.36. The van der Waals surface area contributed by atoms with Gasteiger partial charge in [0, 0.05) is 13.5 Å². The Hall–Kier alpha value is -2.62. The average molecular weight is 294 g/mol. The van der Waals surface area contributed by atoms with E-state index in [-0.39, 0.29) is 18.2 Å². The maximum absolute atomic E-state index is 12.6. The maximum Gasteiger partial charge on any atom is 0.238 e. The Morgan fingerprint density at radius 1 is 1.09 bits per heavy atom. The van der Waals surface area contributed by atoms with Gasteiger partial charge in [0.05, 0.1) is 17.8 Å². The molecular weight excluding hydrogens is 276 g/mol. The maximum atomic E-state index is 12.6. The van der Waals surface area contributed by atoms with Crippen molar-refractivity contribution >= 4 is 23.2 Å². The number of anilines is 2. The molecule has 2 amide bonds. The predicted molar refractivity (Wildman–Crippen MR) is 86.9 cm³/mol. The third-order valence-electron chi connectivity index (χ3n) is 3.83. The largest absolute Gasteiger partial charge is 0.383 e. The topological polar surface area (TPSA) is 49.4 Å². The normalized spacial score (nSPS) is 12.4. The lowest BCUT2D eigenvalue weighted by atomic mass is 10.1. The van der Waals surface area contributed by atoms with Crippen LogP contribution in [0.1, 0.15) is 18.1 Å². The Morgan fingerprint density at radius 2 is 1.86 bits per heavy atom. The number of nitrogens with one attached hydrogen (secondary N) is 1. The second-order valence-corrected chi connectivity index (χ2v) is 5.40. The molecule has 1 aliphatic rings. The number of rotatable bonds is 3. The molecule has 0 unspecified atom stereocenters. The van der Waals surface area contributed by atoms with Crippen molar-refractivity contribution in [3.05, 3.63) is 59.7 Å². The molecule has 2 aromatic carbocycles. The molecule has 0 bridgehead atoms. The molecule has 112 valence electrons. The smallest absolute Gasteiger partial charge is 0.238 e. The molecule has 1 aliphatic heterocycles. The number of fused-ring (bicyclic) bond motifs is 1. The van der Waals surface area contributed by atoms with Crippen LogP contribution in [0.25, 0.3) is 0 Å². The first-order valence-electron chi connectivity index (χ1n) is 7.40. The zero-order valence-electron chi connectivity index (χ0n) is 12.5. The number of para-hydroxylation sites is 1. The first kappa shape index (κ1) is 14.3. The number of carbonyl (C=O) groups excluding carboxylic acids is 2. The molecule has 1 heterocycles. The summed E-state index contributed by atoms with van der Waals surface area (Å²) in [6.07, 6.45) is 1.13. The Balaban J connectivity index is 1.92. The van der Waals surface area contributed by atoms with Crippen molar-refractivity contribution in [2.75, 3.05) is 16.8 Å². The lowest BCUT2D eigenvalue weighted by Gasteiger charge is -2.22. The zero-order chi connectivity index (χ0) is 15.5. The third-order valence-corrected chi connectivity index (χ3v) is 3.83. The quantitative estimate of drug-likeness (QED) is 0.947. The van der Waals surface area contributed by atoms with Crippen molar-refractivity contribution in [3.63, 3.8) is 0 Å². The number of benzene rings is 2. The summed E-state index contributed by atoms with van der Waals surface area (Å²) in [5, 5.41) is 3.28. The van der Waals surface area contributed by atoms with Gasteiger partial charge < -0.3 is 5.32 Å². The van der Waals surface area contributed by atoms with Crippen LogP contribution in [0.5, 0.6) is 0 Å². The fraction of sp³-hybridized carbons (Fsp3) is 0.222. The van der Waals surface area contributed by atoms with Crippen LogP contribution in [-0.4, -0.2) is 18.4 Å². The third kappa shape index (κ3) is 2.72. The highest BCUT2D eigenvalue weighted by molar-refractivity contribution is 6.16. The summed E-state index contributed by atoms with van der Waals surface area (Å²) >= 11 is 0. The lowest BCUT2D eigenvalue weighted by molar-refractivity contribution is -0.125. The van der Waals surface area contributed by atoms with Crippen LogP contribution < -0.4 is 10.2 Å². The van der Waals surface area contributed by atoms with Gasteiger partial charge in [-0.1, -0.05) is 42.5 Å². The minimum absolute atomic E-state index is 0.208. The summed E-state index contributed by atoms with van der Waals surface area (Å²) in [6, 6.07) is 15.2. The summed E-state index contributed by atoms with van der Waals surface area (Å²) in [5.74, 6) is -0.469. The molecule has 0 atom stereocenters. The van der Waals surface area contributed by atoms with Crippen molar-refractivity contribution in [2.45, 2.75) is 19.8 Å². The second-order valence-electron chi connectivity index (χ2n) is 5.40.